The van der Waals surface area contributed by atoms with Crippen LogP contribution in [0.25, 0.3) is 5.65 Å². The van der Waals surface area contributed by atoms with Gasteiger partial charge in [-0.3, -0.25) is 0 Å². The fourth-order valence-corrected chi connectivity index (χ4v) is 2.24. The van der Waals surface area contributed by atoms with E-state index in [0.29, 0.717) is 23.8 Å². The number of anilines is 3. The molecule has 0 atom stereocenters. The Morgan fingerprint density at radius 3 is 2.76 bits per heavy atom. The highest BCUT2D eigenvalue weighted by atomic mass is 19.1. The van der Waals surface area contributed by atoms with Crippen molar-refractivity contribution in [1.82, 2.24) is 14.4 Å². The first kappa shape index (κ1) is 13.3. The van der Waals surface area contributed by atoms with Crippen LogP contribution in [-0.2, 0) is 0 Å². The van der Waals surface area contributed by atoms with Gasteiger partial charge in [-0.1, -0.05) is 0 Å². The molecular formula is C14H15FN6. The first-order valence-corrected chi connectivity index (χ1v) is 6.56. The fourth-order valence-electron chi connectivity index (χ4n) is 2.24. The van der Waals surface area contributed by atoms with E-state index in [4.69, 9.17) is 5.84 Å². The number of nitrogens with zero attached hydrogens (tertiary/aromatic N) is 4. The number of halogens is 1. The third kappa shape index (κ3) is 2.38. The van der Waals surface area contributed by atoms with Crippen LogP contribution >= 0.6 is 0 Å². The minimum absolute atomic E-state index is 0.272. The van der Waals surface area contributed by atoms with Crippen LogP contribution in [0, 0.1) is 5.82 Å². The van der Waals surface area contributed by atoms with Crippen molar-refractivity contribution >= 4 is 23.0 Å². The Labute approximate surface area is 121 Å². The monoisotopic (exact) mass is 286 g/mol. The lowest BCUT2D eigenvalue weighted by Crippen LogP contribution is -2.20. The van der Waals surface area contributed by atoms with Gasteiger partial charge in [-0.15, -0.1) is 0 Å². The van der Waals surface area contributed by atoms with Crippen molar-refractivity contribution in [2.24, 2.45) is 5.84 Å². The van der Waals surface area contributed by atoms with Gasteiger partial charge < -0.3 is 14.7 Å². The van der Waals surface area contributed by atoms with Crippen LogP contribution in [0.3, 0.4) is 0 Å². The summed E-state index contributed by atoms with van der Waals surface area (Å²) >= 11 is 0. The molecule has 0 radical (unpaired) electrons. The van der Waals surface area contributed by atoms with Crippen LogP contribution in [0.1, 0.15) is 6.92 Å². The smallest absolute Gasteiger partial charge is 0.180 e. The molecule has 0 bridgehead atoms. The number of hydrogen-bond donors (Lipinski definition) is 2. The quantitative estimate of drug-likeness (QED) is 0.569. The van der Waals surface area contributed by atoms with Gasteiger partial charge in [0.05, 0.1) is 6.20 Å². The van der Waals surface area contributed by atoms with E-state index >= 15 is 0 Å². The van der Waals surface area contributed by atoms with Gasteiger partial charge >= 0.3 is 0 Å². The van der Waals surface area contributed by atoms with E-state index in [-0.39, 0.29) is 5.82 Å². The highest BCUT2D eigenvalue weighted by Crippen LogP contribution is 2.27. The van der Waals surface area contributed by atoms with Crippen molar-refractivity contribution < 1.29 is 4.39 Å². The summed E-state index contributed by atoms with van der Waals surface area (Å²) in [7, 11) is 0. The zero-order valence-corrected chi connectivity index (χ0v) is 11.5. The molecule has 108 valence electrons. The molecule has 0 aliphatic heterocycles. The lowest BCUT2D eigenvalue weighted by Gasteiger charge is -2.23. The van der Waals surface area contributed by atoms with Crippen LogP contribution in [0.4, 0.5) is 21.7 Å². The number of hydrogen-bond acceptors (Lipinski definition) is 5. The van der Waals surface area contributed by atoms with Crippen LogP contribution in [0.2, 0.25) is 0 Å². The lowest BCUT2D eigenvalue weighted by molar-refractivity contribution is 0.628. The van der Waals surface area contributed by atoms with Gasteiger partial charge in [0.1, 0.15) is 5.82 Å². The Morgan fingerprint density at radius 2 is 2.10 bits per heavy atom. The topological polar surface area (TPSA) is 71.5 Å². The molecule has 2 heterocycles. The van der Waals surface area contributed by atoms with Gasteiger partial charge in [-0.05, 0) is 31.2 Å². The van der Waals surface area contributed by atoms with Crippen LogP contribution < -0.4 is 16.2 Å². The summed E-state index contributed by atoms with van der Waals surface area (Å²) in [4.78, 5) is 10.7. The maximum Gasteiger partial charge on any atom is 0.180 e. The summed E-state index contributed by atoms with van der Waals surface area (Å²) < 4.78 is 14.9. The summed E-state index contributed by atoms with van der Waals surface area (Å²) in [6, 6.07) is 6.27. The van der Waals surface area contributed by atoms with E-state index in [1.54, 1.807) is 24.5 Å². The van der Waals surface area contributed by atoms with Gasteiger partial charge in [-0.25, -0.2) is 20.2 Å². The Bertz CT molecular complexity index is 752. The SMILES string of the molecule is CCN(c1ccc(F)cc1)c1nc(NN)cn2ccnc12. The van der Waals surface area contributed by atoms with Crippen LogP contribution in [-0.4, -0.2) is 20.9 Å². The largest absolute Gasteiger partial charge is 0.323 e. The molecule has 0 aliphatic rings. The molecule has 21 heavy (non-hydrogen) atoms. The number of aromatic nitrogens is 3. The highest BCUT2D eigenvalue weighted by molar-refractivity contribution is 5.73. The summed E-state index contributed by atoms with van der Waals surface area (Å²) in [5, 5.41) is 0. The van der Waals surface area contributed by atoms with Crippen LogP contribution in [0.15, 0.2) is 42.9 Å². The number of rotatable bonds is 4. The number of imidazole rings is 1. The van der Waals surface area contributed by atoms with E-state index < -0.39 is 0 Å². The number of hydrazine groups is 1. The van der Waals surface area contributed by atoms with E-state index in [2.05, 4.69) is 15.4 Å². The summed E-state index contributed by atoms with van der Waals surface area (Å²) in [5.41, 5.74) is 4.09. The van der Waals surface area contributed by atoms with E-state index in [1.165, 1.54) is 12.1 Å². The molecule has 0 fully saturated rings. The molecule has 3 N–H and O–H groups in total. The van der Waals surface area contributed by atoms with Crippen LogP contribution in [0.5, 0.6) is 0 Å². The number of nitrogens with two attached hydrogens (primary N) is 1. The minimum atomic E-state index is -0.272. The molecule has 0 unspecified atom stereocenters. The Hall–Kier alpha value is -2.67. The Kier molecular flexibility index (Phi) is 3.41. The summed E-state index contributed by atoms with van der Waals surface area (Å²) in [6.45, 7) is 2.65. The summed E-state index contributed by atoms with van der Waals surface area (Å²) in [6.07, 6.45) is 5.27. The zero-order chi connectivity index (χ0) is 14.8. The maximum absolute atomic E-state index is 13.1. The van der Waals surface area contributed by atoms with Crippen molar-refractivity contribution in [2.45, 2.75) is 6.92 Å². The molecule has 0 aliphatic carbocycles. The Morgan fingerprint density at radius 1 is 1.33 bits per heavy atom. The number of nitrogen functional groups attached to an aromatic ring is 1. The molecule has 0 spiro atoms. The van der Waals surface area contributed by atoms with Crippen molar-refractivity contribution in [3.05, 3.63) is 48.7 Å². The van der Waals surface area contributed by atoms with Crippen molar-refractivity contribution in [2.75, 3.05) is 16.9 Å². The van der Waals surface area contributed by atoms with Gasteiger partial charge in [0.25, 0.3) is 0 Å². The lowest BCUT2D eigenvalue weighted by atomic mass is 10.2. The molecule has 0 saturated heterocycles. The second kappa shape index (κ2) is 5.37. The third-order valence-corrected chi connectivity index (χ3v) is 3.21. The predicted octanol–water partition coefficient (Wildman–Crippen LogP) is 2.31. The van der Waals surface area contributed by atoms with Crippen molar-refractivity contribution in [1.29, 1.82) is 0 Å². The molecule has 6 nitrogen and oxygen atoms in total. The standard InChI is InChI=1S/C14H15FN6/c1-2-21(11-5-3-10(15)4-6-11)14-13-17-7-8-20(13)9-12(18-14)19-16/h3-9,19H,2,16H2,1H3. The van der Waals surface area contributed by atoms with Crippen molar-refractivity contribution in [3.8, 4) is 0 Å². The number of benzene rings is 1. The fraction of sp³-hybridized carbons (Fsp3) is 0.143. The highest BCUT2D eigenvalue weighted by Gasteiger charge is 2.15. The van der Waals surface area contributed by atoms with Gasteiger partial charge in [0.2, 0.25) is 0 Å². The van der Waals surface area contributed by atoms with E-state index in [1.807, 2.05) is 22.4 Å². The van der Waals surface area contributed by atoms with E-state index in [9.17, 15) is 4.39 Å². The molecular weight excluding hydrogens is 271 g/mol. The maximum atomic E-state index is 13.1. The van der Waals surface area contributed by atoms with Crippen molar-refractivity contribution in [3.63, 3.8) is 0 Å². The molecule has 2 aromatic heterocycles. The molecule has 0 saturated carbocycles. The molecule has 3 rings (SSSR count). The zero-order valence-electron chi connectivity index (χ0n) is 11.5. The Balaban J connectivity index is 2.15. The summed E-state index contributed by atoms with van der Waals surface area (Å²) in [5.74, 6) is 6.37. The molecule has 3 aromatic rings. The molecule has 0 amide bonds. The van der Waals surface area contributed by atoms with Gasteiger partial charge in [0, 0.05) is 24.6 Å². The minimum Gasteiger partial charge on any atom is -0.323 e. The van der Waals surface area contributed by atoms with E-state index in [0.717, 1.165) is 5.69 Å². The number of fused-ring (bicyclic) bond motifs is 1. The molecule has 7 heteroatoms. The second-order valence-corrected chi connectivity index (χ2v) is 4.47. The normalized spacial score (nSPS) is 10.8. The van der Waals surface area contributed by atoms with Gasteiger partial charge in [0.15, 0.2) is 17.3 Å². The number of nitrogens with one attached hydrogen (secondary N) is 1. The average molecular weight is 286 g/mol. The molecule has 1 aromatic carbocycles. The third-order valence-electron chi connectivity index (χ3n) is 3.21. The average Bonchev–Trinajstić information content (AvgIpc) is 2.98. The second-order valence-electron chi connectivity index (χ2n) is 4.47. The first-order valence-electron chi connectivity index (χ1n) is 6.56. The van der Waals surface area contributed by atoms with Gasteiger partial charge in [-0.2, -0.15) is 0 Å². The predicted molar refractivity (Wildman–Crippen MR) is 79.9 cm³/mol. The first-order chi connectivity index (χ1) is 10.2.